The molecule has 2 aromatic heterocycles. The highest BCUT2D eigenvalue weighted by Crippen LogP contribution is 2.35. The number of rotatable bonds is 4. The van der Waals surface area contributed by atoms with Gasteiger partial charge >= 0.3 is 0 Å². The molecule has 0 aliphatic rings. The molecule has 3 aromatic carbocycles. The summed E-state index contributed by atoms with van der Waals surface area (Å²) in [4.78, 5) is 9.01. The van der Waals surface area contributed by atoms with Crippen LogP contribution in [0.25, 0.3) is 27.8 Å². The Kier molecular flexibility index (Phi) is 4.25. The SMILES string of the molecule is Cc1ccc(S(=O)(=O)Nc2cccc3c4ccccc4n(-c4ncccn4)c23)cc1. The zero-order valence-electron chi connectivity index (χ0n) is 16.1. The van der Waals surface area contributed by atoms with Gasteiger partial charge in [-0.1, -0.05) is 48.0 Å². The van der Waals surface area contributed by atoms with Crippen molar-refractivity contribution in [3.05, 3.63) is 90.8 Å². The van der Waals surface area contributed by atoms with Gasteiger partial charge in [-0.3, -0.25) is 9.29 Å². The molecule has 2 heterocycles. The summed E-state index contributed by atoms with van der Waals surface area (Å²) < 4.78 is 30.8. The van der Waals surface area contributed by atoms with Gasteiger partial charge < -0.3 is 0 Å². The van der Waals surface area contributed by atoms with Crippen molar-refractivity contribution in [2.24, 2.45) is 0 Å². The molecule has 6 nitrogen and oxygen atoms in total. The van der Waals surface area contributed by atoms with Crippen LogP contribution < -0.4 is 4.72 Å². The van der Waals surface area contributed by atoms with Crippen molar-refractivity contribution in [1.29, 1.82) is 0 Å². The van der Waals surface area contributed by atoms with E-state index in [0.717, 1.165) is 21.9 Å². The molecular weight excluding hydrogens is 396 g/mol. The fraction of sp³-hybridized carbons (Fsp3) is 0.0435. The van der Waals surface area contributed by atoms with E-state index in [1.807, 2.05) is 47.9 Å². The van der Waals surface area contributed by atoms with Crippen LogP contribution in [0.1, 0.15) is 5.56 Å². The van der Waals surface area contributed by atoms with E-state index < -0.39 is 10.0 Å². The number of nitrogens with one attached hydrogen (secondary N) is 1. The summed E-state index contributed by atoms with van der Waals surface area (Å²) in [7, 11) is -3.76. The average Bonchev–Trinajstić information content (AvgIpc) is 3.10. The topological polar surface area (TPSA) is 76.9 Å². The maximum absolute atomic E-state index is 13.1. The second-order valence-corrected chi connectivity index (χ2v) is 8.70. The Morgan fingerprint density at radius 1 is 0.800 bits per heavy atom. The van der Waals surface area contributed by atoms with Gasteiger partial charge in [0.05, 0.1) is 21.6 Å². The fourth-order valence-electron chi connectivity index (χ4n) is 3.64. The van der Waals surface area contributed by atoms with Crippen LogP contribution in [0.5, 0.6) is 0 Å². The Labute approximate surface area is 173 Å². The molecule has 5 rings (SSSR count). The molecule has 0 amide bonds. The fourth-order valence-corrected chi connectivity index (χ4v) is 4.70. The van der Waals surface area contributed by atoms with Crippen LogP contribution in [0.3, 0.4) is 0 Å². The highest BCUT2D eigenvalue weighted by atomic mass is 32.2. The monoisotopic (exact) mass is 414 g/mol. The lowest BCUT2D eigenvalue weighted by Crippen LogP contribution is -2.14. The summed E-state index contributed by atoms with van der Waals surface area (Å²) in [5, 5.41) is 1.92. The second kappa shape index (κ2) is 6.96. The van der Waals surface area contributed by atoms with Gasteiger partial charge in [0.15, 0.2) is 0 Å². The molecular formula is C23H18N4O2S. The molecule has 0 spiro atoms. The smallest absolute Gasteiger partial charge is 0.261 e. The molecule has 0 saturated heterocycles. The van der Waals surface area contributed by atoms with Crippen LogP contribution in [-0.2, 0) is 10.0 Å². The van der Waals surface area contributed by atoms with Crippen molar-refractivity contribution in [3.63, 3.8) is 0 Å². The van der Waals surface area contributed by atoms with Crippen LogP contribution in [0.2, 0.25) is 0 Å². The molecule has 30 heavy (non-hydrogen) atoms. The lowest BCUT2D eigenvalue weighted by Gasteiger charge is -2.12. The number of fused-ring (bicyclic) bond motifs is 3. The minimum Gasteiger partial charge on any atom is -0.277 e. The van der Waals surface area contributed by atoms with Gasteiger partial charge in [-0.15, -0.1) is 0 Å². The minimum absolute atomic E-state index is 0.212. The number of benzene rings is 3. The van der Waals surface area contributed by atoms with Gasteiger partial charge in [0.25, 0.3) is 10.0 Å². The van der Waals surface area contributed by atoms with E-state index in [1.165, 1.54) is 0 Å². The normalized spacial score (nSPS) is 11.8. The van der Waals surface area contributed by atoms with Crippen LogP contribution in [-0.4, -0.2) is 23.0 Å². The van der Waals surface area contributed by atoms with Gasteiger partial charge in [-0.05, 0) is 37.3 Å². The summed E-state index contributed by atoms with van der Waals surface area (Å²) in [6, 6.07) is 22.0. The molecule has 7 heteroatoms. The quantitative estimate of drug-likeness (QED) is 0.463. The Morgan fingerprint density at radius 2 is 1.50 bits per heavy atom. The first-order valence-electron chi connectivity index (χ1n) is 9.44. The number of hydrogen-bond donors (Lipinski definition) is 1. The van der Waals surface area contributed by atoms with Crippen molar-refractivity contribution in [2.45, 2.75) is 11.8 Å². The summed E-state index contributed by atoms with van der Waals surface area (Å²) in [5.74, 6) is 0.477. The number of hydrogen-bond acceptors (Lipinski definition) is 4. The molecule has 0 unspecified atom stereocenters. The van der Waals surface area contributed by atoms with E-state index >= 15 is 0 Å². The van der Waals surface area contributed by atoms with Gasteiger partial charge in [-0.2, -0.15) is 0 Å². The molecule has 0 aliphatic carbocycles. The maximum Gasteiger partial charge on any atom is 0.261 e. The lowest BCUT2D eigenvalue weighted by atomic mass is 10.1. The van der Waals surface area contributed by atoms with E-state index in [1.54, 1.807) is 48.8 Å². The maximum atomic E-state index is 13.1. The van der Waals surface area contributed by atoms with Crippen molar-refractivity contribution in [3.8, 4) is 5.95 Å². The van der Waals surface area contributed by atoms with Gasteiger partial charge in [0.2, 0.25) is 5.95 Å². The highest BCUT2D eigenvalue weighted by Gasteiger charge is 2.20. The number of aromatic nitrogens is 3. The second-order valence-electron chi connectivity index (χ2n) is 7.02. The number of sulfonamides is 1. The first-order valence-corrected chi connectivity index (χ1v) is 10.9. The summed E-state index contributed by atoms with van der Waals surface area (Å²) in [5.41, 5.74) is 3.08. The molecule has 0 bridgehead atoms. The van der Waals surface area contributed by atoms with E-state index in [0.29, 0.717) is 17.2 Å². The standard InChI is InChI=1S/C23H18N4O2S/c1-16-10-12-17(13-11-16)30(28,29)26-20-8-4-7-19-18-6-2-3-9-21(18)27(22(19)20)23-24-14-5-15-25-23/h2-15,26H,1H3. The van der Waals surface area contributed by atoms with Crippen LogP contribution >= 0.6 is 0 Å². The largest absolute Gasteiger partial charge is 0.277 e. The number of nitrogens with zero attached hydrogens (tertiary/aromatic N) is 3. The Bertz CT molecular complexity index is 1480. The lowest BCUT2D eigenvalue weighted by molar-refractivity contribution is 0.601. The van der Waals surface area contributed by atoms with Crippen molar-refractivity contribution in [2.75, 3.05) is 4.72 Å². The Hall–Kier alpha value is -3.71. The molecule has 0 saturated carbocycles. The third-order valence-electron chi connectivity index (χ3n) is 5.02. The van der Waals surface area contributed by atoms with E-state index in [2.05, 4.69) is 14.7 Å². The summed E-state index contributed by atoms with van der Waals surface area (Å²) in [6.07, 6.45) is 3.34. The van der Waals surface area contributed by atoms with Gasteiger partial charge in [0, 0.05) is 23.2 Å². The van der Waals surface area contributed by atoms with Crippen LogP contribution in [0, 0.1) is 6.92 Å². The first-order chi connectivity index (χ1) is 14.5. The Balaban J connectivity index is 1.77. The van der Waals surface area contributed by atoms with Crippen LogP contribution in [0.4, 0.5) is 5.69 Å². The van der Waals surface area contributed by atoms with Crippen LogP contribution in [0.15, 0.2) is 90.1 Å². The van der Waals surface area contributed by atoms with Gasteiger partial charge in [-0.25, -0.2) is 18.4 Å². The van der Waals surface area contributed by atoms with E-state index in [9.17, 15) is 8.42 Å². The predicted octanol–water partition coefficient (Wildman–Crippen LogP) is 4.68. The molecule has 0 radical (unpaired) electrons. The molecule has 0 fully saturated rings. The van der Waals surface area contributed by atoms with Crippen molar-refractivity contribution in [1.82, 2.24) is 14.5 Å². The number of para-hydroxylation sites is 2. The third kappa shape index (κ3) is 3.00. The predicted molar refractivity (Wildman–Crippen MR) is 118 cm³/mol. The van der Waals surface area contributed by atoms with Crippen molar-refractivity contribution < 1.29 is 8.42 Å². The van der Waals surface area contributed by atoms with Crippen molar-refractivity contribution >= 4 is 37.5 Å². The van der Waals surface area contributed by atoms with Gasteiger partial charge in [0.1, 0.15) is 0 Å². The molecule has 1 N–H and O–H groups in total. The molecule has 0 atom stereocenters. The van der Waals surface area contributed by atoms with E-state index in [-0.39, 0.29) is 4.90 Å². The Morgan fingerprint density at radius 3 is 2.27 bits per heavy atom. The molecule has 5 aromatic rings. The molecule has 148 valence electrons. The summed E-state index contributed by atoms with van der Waals surface area (Å²) >= 11 is 0. The average molecular weight is 414 g/mol. The molecule has 0 aliphatic heterocycles. The third-order valence-corrected chi connectivity index (χ3v) is 6.40. The minimum atomic E-state index is -3.76. The zero-order valence-corrected chi connectivity index (χ0v) is 17.0. The highest BCUT2D eigenvalue weighted by molar-refractivity contribution is 7.92. The van der Waals surface area contributed by atoms with E-state index in [4.69, 9.17) is 0 Å². The first kappa shape index (κ1) is 18.3. The number of anilines is 1. The summed E-state index contributed by atoms with van der Waals surface area (Å²) in [6.45, 7) is 1.92. The zero-order chi connectivity index (χ0) is 20.7. The number of aryl methyl sites for hydroxylation is 1.